The van der Waals surface area contributed by atoms with Gasteiger partial charge in [-0.25, -0.2) is 9.59 Å². The highest BCUT2D eigenvalue weighted by Crippen LogP contribution is 2.49. The van der Waals surface area contributed by atoms with Crippen molar-refractivity contribution in [2.24, 2.45) is 17.6 Å². The number of carbonyl (C=O) groups is 9. The van der Waals surface area contributed by atoms with Gasteiger partial charge >= 0.3 is 12.1 Å². The summed E-state index contributed by atoms with van der Waals surface area (Å²) in [4.78, 5) is 124. The number of halogens is 1. The number of esters is 1. The van der Waals surface area contributed by atoms with Crippen molar-refractivity contribution < 1.29 is 77.0 Å². The number of imide groups is 1. The molecule has 6 rings (SSSR count). The van der Waals surface area contributed by atoms with Crippen LogP contribution in [-0.2, 0) is 63.7 Å². The highest BCUT2D eigenvalue weighted by Gasteiger charge is 2.64. The maximum absolute atomic E-state index is 14.5. The standard InChI is InChI=1S/C60H84ClN9O16/c1-33(2)51(66-46(71)19-12-11-13-27-70-47(72)24-25-48(70)73)54(76)65-40(17-15-26-63-57(62)79)53(75)64-39-22-20-38(21-23-39)55(77)68(7)36(5)56(78)85-45-31-49(74)69(8)41-29-37(30-42(82-9)50(41)61)28-34(3)16-14-18-44(83-10)60(81)32-43(84-58(80)67-60)35(4)52-59(45,6)86-52/h14,16,18,20,22,24-25,29-30,33,35-36,40,43-45,51-52,57,63,79,81H,11-13,15,17,19,21,23,26-28,31-32,62H2,1-10H3,(H,64,75)(H,65,76)(H,66,71)(H,67,80)/b18-14+,34-16+/t35-,36+,40+,43+,44-,45+,51+,52+,57?,59+,60+/m1/s1. The minimum atomic E-state index is -1.91. The van der Waals surface area contributed by atoms with Crippen molar-refractivity contribution >= 4 is 70.7 Å². The van der Waals surface area contributed by atoms with Crippen molar-refractivity contribution in [3.63, 3.8) is 0 Å². The normalized spacial score (nSPS) is 26.5. The van der Waals surface area contributed by atoms with Crippen LogP contribution in [0.5, 0.6) is 5.75 Å². The number of alkyl carbamates (subject to hydrolysis) is 1. The van der Waals surface area contributed by atoms with Gasteiger partial charge < -0.3 is 59.6 Å². The number of anilines is 1. The molecule has 1 aromatic carbocycles. The fourth-order valence-corrected chi connectivity index (χ4v) is 11.1. The number of hydrogen-bond donors (Lipinski definition) is 8. The molecule has 86 heavy (non-hydrogen) atoms. The number of nitrogens with zero attached hydrogens (tertiary/aromatic N) is 3. The lowest BCUT2D eigenvalue weighted by Crippen LogP contribution is -2.63. The first-order valence-corrected chi connectivity index (χ1v) is 29.4. The number of nitrogens with two attached hydrogens (primary N) is 1. The molecule has 4 heterocycles. The Kier molecular flexibility index (Phi) is 23.8. The quantitative estimate of drug-likeness (QED) is 0.0257. The monoisotopic (exact) mass is 1220 g/mol. The first-order valence-electron chi connectivity index (χ1n) is 29.0. The van der Waals surface area contributed by atoms with E-state index in [0.29, 0.717) is 54.8 Å². The van der Waals surface area contributed by atoms with Gasteiger partial charge in [0.1, 0.15) is 52.8 Å². The van der Waals surface area contributed by atoms with Crippen molar-refractivity contribution in [3.05, 3.63) is 82.1 Å². The molecule has 4 bridgehead atoms. The van der Waals surface area contributed by atoms with E-state index in [1.54, 1.807) is 58.1 Å². The van der Waals surface area contributed by atoms with E-state index in [2.05, 4.69) is 26.6 Å². The molecule has 2 saturated heterocycles. The van der Waals surface area contributed by atoms with E-state index in [-0.39, 0.29) is 67.9 Å². The van der Waals surface area contributed by atoms with Crippen LogP contribution in [0.4, 0.5) is 10.5 Å². The number of ether oxygens (including phenoxy) is 5. The number of amides is 8. The fourth-order valence-electron chi connectivity index (χ4n) is 10.8. The van der Waals surface area contributed by atoms with Crippen LogP contribution in [0.15, 0.2) is 71.5 Å². The highest BCUT2D eigenvalue weighted by atomic mass is 35.5. The second-order valence-electron chi connectivity index (χ2n) is 23.1. The molecule has 25 nitrogen and oxygen atoms in total. The number of aliphatic hydroxyl groups is 2. The smallest absolute Gasteiger partial charge is 0.409 e. The van der Waals surface area contributed by atoms with Crippen LogP contribution in [0.2, 0.25) is 5.02 Å². The number of rotatable bonds is 23. The van der Waals surface area contributed by atoms with E-state index in [0.717, 1.165) is 16.0 Å². The molecule has 11 atom stereocenters. The first kappa shape index (κ1) is 68.1. The molecule has 0 aromatic heterocycles. The maximum Gasteiger partial charge on any atom is 0.409 e. The molecule has 472 valence electrons. The summed E-state index contributed by atoms with van der Waals surface area (Å²) in [6.07, 6.45) is 6.60. The van der Waals surface area contributed by atoms with Crippen LogP contribution in [0.25, 0.3) is 0 Å². The van der Waals surface area contributed by atoms with Gasteiger partial charge in [-0.2, -0.15) is 0 Å². The zero-order chi connectivity index (χ0) is 63.4. The zero-order valence-electron chi connectivity index (χ0n) is 50.6. The van der Waals surface area contributed by atoms with Gasteiger partial charge in [0.25, 0.3) is 11.8 Å². The molecular weight excluding hydrogens is 1140 g/mol. The Morgan fingerprint density at radius 3 is 2.33 bits per heavy atom. The van der Waals surface area contributed by atoms with Crippen LogP contribution in [-0.4, -0.2) is 175 Å². The van der Waals surface area contributed by atoms with E-state index in [1.165, 1.54) is 63.3 Å². The first-order chi connectivity index (χ1) is 40.6. The molecule has 5 aliphatic rings. The second-order valence-corrected chi connectivity index (χ2v) is 23.4. The van der Waals surface area contributed by atoms with Crippen LogP contribution < -0.4 is 42.0 Å². The average Bonchev–Trinajstić information content (AvgIpc) is 1.89. The number of nitrogens with one attached hydrogen (secondary N) is 5. The van der Waals surface area contributed by atoms with Crippen molar-refractivity contribution in [1.82, 2.24) is 36.4 Å². The Balaban J connectivity index is 1.14. The van der Waals surface area contributed by atoms with E-state index < -0.39 is 114 Å². The third kappa shape index (κ3) is 17.4. The number of fused-ring (bicyclic) bond motifs is 5. The van der Waals surface area contributed by atoms with Gasteiger partial charge in [-0.1, -0.05) is 68.7 Å². The van der Waals surface area contributed by atoms with Gasteiger partial charge in [-0.15, -0.1) is 0 Å². The Morgan fingerprint density at radius 1 is 0.977 bits per heavy atom. The number of unbranched alkanes of at least 4 members (excludes halogenated alkanes) is 2. The van der Waals surface area contributed by atoms with E-state index >= 15 is 0 Å². The SMILES string of the molecule is COc1cc2cc(c1Cl)N(C)C(=O)C[C@H](OC(=O)[C@H](C)N(C)C(=O)C1=CC=C(NC(=O)[C@H](CCCNC(N)O)NC(=O)[C@@H](NC(=O)CCCCCN3C(=O)C=CC3=O)C(C)C)CC1)[C@]1(C)O[C@H]1[C@H](C)[C@@H]1C[C@@](O)(NC(=O)O1)[C@H](OC)/C=C/C=C(\C)C2. The number of allylic oxidation sites excluding steroid dienone is 6. The Morgan fingerprint density at radius 2 is 1.69 bits per heavy atom. The third-order valence-electron chi connectivity index (χ3n) is 16.3. The molecule has 0 spiro atoms. The molecule has 0 radical (unpaired) electrons. The second kappa shape index (κ2) is 30.1. The molecular formula is C60H84ClN9O16. The number of methoxy groups -OCH3 is 2. The van der Waals surface area contributed by atoms with E-state index in [1.807, 2.05) is 13.0 Å². The van der Waals surface area contributed by atoms with Crippen molar-refractivity contribution in [2.75, 3.05) is 46.3 Å². The molecule has 26 heteroatoms. The predicted octanol–water partition coefficient (Wildman–Crippen LogP) is 2.95. The average molecular weight is 1220 g/mol. The molecule has 1 unspecified atom stereocenters. The Bertz CT molecular complexity index is 2870. The largest absolute Gasteiger partial charge is 0.495 e. The number of epoxide rings is 1. The van der Waals surface area contributed by atoms with Gasteiger partial charge in [-0.3, -0.25) is 54.8 Å². The summed E-state index contributed by atoms with van der Waals surface area (Å²) >= 11 is 6.85. The number of benzene rings is 1. The summed E-state index contributed by atoms with van der Waals surface area (Å²) in [5.41, 5.74) is 4.85. The van der Waals surface area contributed by atoms with E-state index in [9.17, 15) is 53.4 Å². The molecule has 4 aliphatic heterocycles. The van der Waals surface area contributed by atoms with Crippen LogP contribution in [0.1, 0.15) is 111 Å². The van der Waals surface area contributed by atoms with Crippen molar-refractivity contribution in [1.29, 1.82) is 0 Å². The Hall–Kier alpha value is -7.00. The third-order valence-corrected chi connectivity index (χ3v) is 16.6. The van der Waals surface area contributed by atoms with Gasteiger partial charge in [0.2, 0.25) is 29.5 Å². The lowest BCUT2D eigenvalue weighted by Gasteiger charge is -2.42. The molecule has 0 saturated carbocycles. The van der Waals surface area contributed by atoms with Crippen LogP contribution in [0.3, 0.4) is 0 Å². The summed E-state index contributed by atoms with van der Waals surface area (Å²) in [5, 5.41) is 35.2. The van der Waals surface area contributed by atoms with Crippen LogP contribution in [0, 0.1) is 11.8 Å². The van der Waals surface area contributed by atoms with Crippen molar-refractivity contribution in [3.8, 4) is 5.75 Å². The van der Waals surface area contributed by atoms with Gasteiger partial charge in [0.15, 0.2) is 12.1 Å². The lowest BCUT2D eigenvalue weighted by molar-refractivity contribution is -0.161. The number of carbonyl (C=O) groups excluding carboxylic acids is 9. The summed E-state index contributed by atoms with van der Waals surface area (Å²) in [6.45, 7) is 10.7. The van der Waals surface area contributed by atoms with Gasteiger partial charge in [-0.05, 0) is 102 Å². The van der Waals surface area contributed by atoms with Gasteiger partial charge in [0.05, 0.1) is 25.3 Å². The minimum absolute atomic E-state index is 0.0831. The summed E-state index contributed by atoms with van der Waals surface area (Å²) in [7, 11) is 5.82. The number of likely N-dealkylation sites (N-methyl/N-ethyl adjacent to an activating group) is 1. The minimum Gasteiger partial charge on any atom is -0.495 e. The topological polar surface area (TPSA) is 339 Å². The molecule has 1 aliphatic carbocycles. The van der Waals surface area contributed by atoms with Gasteiger partial charge in [0, 0.05) is 69.9 Å². The fraction of sp³-hybridized carbons (Fsp3) is 0.583. The molecule has 9 N–H and O–H groups in total. The predicted molar refractivity (Wildman–Crippen MR) is 315 cm³/mol. The molecule has 2 fully saturated rings. The maximum atomic E-state index is 14.5. The summed E-state index contributed by atoms with van der Waals surface area (Å²) in [5.74, 6) is -4.93. The summed E-state index contributed by atoms with van der Waals surface area (Å²) < 4.78 is 29.6. The molecule has 8 amide bonds. The summed E-state index contributed by atoms with van der Waals surface area (Å²) in [6, 6.07) is 0.183. The van der Waals surface area contributed by atoms with Crippen molar-refractivity contribution in [2.45, 2.75) is 172 Å². The zero-order valence-corrected chi connectivity index (χ0v) is 51.3. The van der Waals surface area contributed by atoms with Crippen LogP contribution >= 0.6 is 11.6 Å². The highest BCUT2D eigenvalue weighted by molar-refractivity contribution is 6.35. The lowest BCUT2D eigenvalue weighted by atomic mass is 9.83. The van der Waals surface area contributed by atoms with E-state index in [4.69, 9.17) is 41.0 Å². The Labute approximate surface area is 506 Å². The number of hydrogen-bond acceptors (Lipinski definition) is 18. The number of aliphatic hydroxyl groups excluding tert-OH is 1. The molecule has 1 aromatic rings.